The van der Waals surface area contributed by atoms with Crippen LogP contribution in [-0.4, -0.2) is 34.6 Å². The minimum Gasteiger partial charge on any atom is -0.319 e. The Morgan fingerprint density at radius 1 is 1.23 bits per heavy atom. The molecule has 2 aromatic carbocycles. The van der Waals surface area contributed by atoms with E-state index in [4.69, 9.17) is 5.14 Å². The van der Waals surface area contributed by atoms with Crippen LogP contribution < -0.4 is 10.5 Å². The number of thioether (sulfide) groups is 1. The molecule has 0 radical (unpaired) electrons. The monoisotopic (exact) mass is 465 g/mol. The highest BCUT2D eigenvalue weighted by atomic mass is 32.2. The van der Waals surface area contributed by atoms with Gasteiger partial charge in [0.2, 0.25) is 15.9 Å². The fraction of sp³-hybridized carbons (Fsp3) is 0.167. The molecule has 12 heteroatoms. The molecular formula is C18H16FN5O3S3. The van der Waals surface area contributed by atoms with Crippen molar-refractivity contribution >= 4 is 65.4 Å². The van der Waals surface area contributed by atoms with Crippen LogP contribution in [-0.2, 0) is 21.4 Å². The van der Waals surface area contributed by atoms with Crippen molar-refractivity contribution in [3.8, 4) is 0 Å². The summed E-state index contributed by atoms with van der Waals surface area (Å²) in [6.45, 7) is 2.53. The number of amides is 1. The van der Waals surface area contributed by atoms with Crippen LogP contribution in [0.15, 0.2) is 46.5 Å². The molecule has 0 spiro atoms. The Kier molecular flexibility index (Phi) is 5.49. The van der Waals surface area contributed by atoms with Crippen LogP contribution in [0.5, 0.6) is 0 Å². The van der Waals surface area contributed by atoms with Crippen molar-refractivity contribution in [2.75, 3.05) is 11.1 Å². The van der Waals surface area contributed by atoms with Gasteiger partial charge in [-0.05, 0) is 43.3 Å². The molecule has 0 atom stereocenters. The number of sulfonamides is 1. The Morgan fingerprint density at radius 3 is 2.77 bits per heavy atom. The highest BCUT2D eigenvalue weighted by molar-refractivity contribution is 7.99. The number of nitrogens with two attached hydrogens (primary N) is 1. The quantitative estimate of drug-likeness (QED) is 0.422. The summed E-state index contributed by atoms with van der Waals surface area (Å²) >= 11 is 2.42. The first-order valence-electron chi connectivity index (χ1n) is 8.76. The molecule has 0 fully saturated rings. The third-order valence-corrected chi connectivity index (χ3v) is 7.08. The van der Waals surface area contributed by atoms with Crippen LogP contribution >= 0.6 is 23.1 Å². The molecule has 1 amide bonds. The second kappa shape index (κ2) is 7.95. The van der Waals surface area contributed by atoms with Gasteiger partial charge in [-0.1, -0.05) is 23.1 Å². The number of nitrogens with one attached hydrogen (secondary N) is 1. The average Bonchev–Trinajstić information content (AvgIpc) is 3.24. The first kappa shape index (κ1) is 20.7. The molecule has 30 heavy (non-hydrogen) atoms. The van der Waals surface area contributed by atoms with E-state index in [9.17, 15) is 17.6 Å². The number of hydrogen-bond donors (Lipinski definition) is 2. The zero-order valence-electron chi connectivity index (χ0n) is 15.6. The third kappa shape index (κ3) is 4.17. The molecule has 4 rings (SSSR count). The van der Waals surface area contributed by atoms with E-state index in [1.165, 1.54) is 47.4 Å². The Hall–Kier alpha value is -2.54. The Morgan fingerprint density at radius 2 is 2.03 bits per heavy atom. The lowest BCUT2D eigenvalue weighted by atomic mass is 10.3. The number of anilines is 1. The predicted molar refractivity (Wildman–Crippen MR) is 116 cm³/mol. The van der Waals surface area contributed by atoms with Gasteiger partial charge in [-0.2, -0.15) is 0 Å². The van der Waals surface area contributed by atoms with E-state index in [0.717, 1.165) is 5.52 Å². The molecule has 8 nitrogen and oxygen atoms in total. The maximum Gasteiger partial charge on any atom is 0.238 e. The first-order chi connectivity index (χ1) is 14.2. The van der Waals surface area contributed by atoms with Gasteiger partial charge in [-0.3, -0.25) is 4.79 Å². The van der Waals surface area contributed by atoms with E-state index in [0.29, 0.717) is 32.6 Å². The van der Waals surface area contributed by atoms with Crippen molar-refractivity contribution in [2.45, 2.75) is 23.5 Å². The maximum absolute atomic E-state index is 13.3. The lowest BCUT2D eigenvalue weighted by Crippen LogP contribution is -2.14. The van der Waals surface area contributed by atoms with Crippen LogP contribution in [0, 0.1) is 5.82 Å². The van der Waals surface area contributed by atoms with Crippen molar-refractivity contribution in [1.29, 1.82) is 0 Å². The van der Waals surface area contributed by atoms with Crippen LogP contribution in [0.1, 0.15) is 6.92 Å². The van der Waals surface area contributed by atoms with E-state index >= 15 is 0 Å². The summed E-state index contributed by atoms with van der Waals surface area (Å²) in [5.41, 5.74) is 1.85. The minimum atomic E-state index is -3.83. The van der Waals surface area contributed by atoms with Gasteiger partial charge in [0.05, 0.1) is 31.9 Å². The number of aromatic nitrogens is 3. The SMILES string of the molecule is CCn1c(SCC(=O)Nc2nc3ccc(F)cc3s2)nc2cc(S(N)(=O)=O)ccc21. The molecule has 2 aromatic heterocycles. The maximum atomic E-state index is 13.3. The van der Waals surface area contributed by atoms with Crippen molar-refractivity contribution in [3.05, 3.63) is 42.2 Å². The van der Waals surface area contributed by atoms with Gasteiger partial charge in [-0.25, -0.2) is 27.9 Å². The summed E-state index contributed by atoms with van der Waals surface area (Å²) in [5, 5.41) is 8.88. The van der Waals surface area contributed by atoms with Gasteiger partial charge in [0.25, 0.3) is 0 Å². The van der Waals surface area contributed by atoms with E-state index in [1.54, 1.807) is 12.1 Å². The van der Waals surface area contributed by atoms with Gasteiger partial charge in [0.1, 0.15) is 5.82 Å². The Bertz CT molecular complexity index is 1380. The van der Waals surface area contributed by atoms with Gasteiger partial charge in [-0.15, -0.1) is 0 Å². The summed E-state index contributed by atoms with van der Waals surface area (Å²) < 4.78 is 39.0. The normalized spacial score (nSPS) is 12.0. The number of thiazole rings is 1. The smallest absolute Gasteiger partial charge is 0.238 e. The van der Waals surface area contributed by atoms with E-state index in [1.807, 2.05) is 11.5 Å². The summed E-state index contributed by atoms with van der Waals surface area (Å²) in [5.74, 6) is -0.557. The molecule has 0 saturated carbocycles. The summed E-state index contributed by atoms with van der Waals surface area (Å²) in [7, 11) is -3.83. The zero-order chi connectivity index (χ0) is 21.5. The van der Waals surface area contributed by atoms with Crippen molar-refractivity contribution < 1.29 is 17.6 Å². The molecule has 3 N–H and O–H groups in total. The topological polar surface area (TPSA) is 120 Å². The fourth-order valence-corrected chi connectivity index (χ4v) is 5.24. The molecule has 0 aliphatic carbocycles. The minimum absolute atomic E-state index is 0.0164. The van der Waals surface area contributed by atoms with Crippen LogP contribution in [0.2, 0.25) is 0 Å². The summed E-state index contributed by atoms with van der Waals surface area (Å²) in [6.07, 6.45) is 0. The second-order valence-electron chi connectivity index (χ2n) is 6.30. The van der Waals surface area contributed by atoms with Gasteiger partial charge < -0.3 is 9.88 Å². The molecule has 0 saturated heterocycles. The van der Waals surface area contributed by atoms with E-state index in [2.05, 4.69) is 15.3 Å². The number of aryl methyl sites for hydroxylation is 1. The molecule has 0 unspecified atom stereocenters. The predicted octanol–water partition coefficient (Wildman–Crippen LogP) is 3.18. The third-order valence-electron chi connectivity index (χ3n) is 4.26. The van der Waals surface area contributed by atoms with Gasteiger partial charge >= 0.3 is 0 Å². The van der Waals surface area contributed by atoms with Crippen molar-refractivity contribution in [2.24, 2.45) is 5.14 Å². The Labute approximate surface area is 179 Å². The van der Waals surface area contributed by atoms with Gasteiger partial charge in [0.15, 0.2) is 10.3 Å². The van der Waals surface area contributed by atoms with E-state index in [-0.39, 0.29) is 22.4 Å². The van der Waals surface area contributed by atoms with Gasteiger partial charge in [0, 0.05) is 6.54 Å². The zero-order valence-corrected chi connectivity index (χ0v) is 18.1. The molecule has 0 aliphatic rings. The first-order valence-corrected chi connectivity index (χ1v) is 12.1. The molecule has 0 aliphatic heterocycles. The number of hydrogen-bond acceptors (Lipinski definition) is 7. The average molecular weight is 466 g/mol. The molecular weight excluding hydrogens is 449 g/mol. The summed E-state index contributed by atoms with van der Waals surface area (Å²) in [4.78, 5) is 21.1. The lowest BCUT2D eigenvalue weighted by molar-refractivity contribution is -0.113. The van der Waals surface area contributed by atoms with Crippen LogP contribution in [0.4, 0.5) is 9.52 Å². The van der Waals surface area contributed by atoms with Crippen molar-refractivity contribution in [1.82, 2.24) is 14.5 Å². The number of carbonyl (C=O) groups excluding carboxylic acids is 1. The number of rotatable bonds is 6. The standard InChI is InChI=1S/C18H16FN5O3S3/c1-2-24-14-6-4-11(30(20,26)27)8-13(14)22-18(24)28-9-16(25)23-17-21-12-5-3-10(19)7-15(12)29-17/h3-8H,2,9H2,1H3,(H2,20,26,27)(H,21,23,25). The molecule has 2 heterocycles. The van der Waals surface area contributed by atoms with Crippen molar-refractivity contribution in [3.63, 3.8) is 0 Å². The number of carbonyl (C=O) groups is 1. The summed E-state index contributed by atoms with van der Waals surface area (Å²) in [6, 6.07) is 8.75. The molecule has 0 bridgehead atoms. The number of benzene rings is 2. The number of halogens is 1. The lowest BCUT2D eigenvalue weighted by Gasteiger charge is -2.05. The fourth-order valence-electron chi connectivity index (χ4n) is 2.92. The highest BCUT2D eigenvalue weighted by Crippen LogP contribution is 2.28. The number of fused-ring (bicyclic) bond motifs is 2. The molecule has 4 aromatic rings. The van der Waals surface area contributed by atoms with E-state index < -0.39 is 10.0 Å². The van der Waals surface area contributed by atoms with Crippen LogP contribution in [0.3, 0.4) is 0 Å². The molecule has 156 valence electrons. The second-order valence-corrected chi connectivity index (χ2v) is 9.84. The largest absolute Gasteiger partial charge is 0.319 e. The Balaban J connectivity index is 1.51. The van der Waals surface area contributed by atoms with Crippen LogP contribution in [0.25, 0.3) is 21.3 Å². The number of nitrogens with zero attached hydrogens (tertiary/aromatic N) is 3. The number of primary sulfonamides is 1. The highest BCUT2D eigenvalue weighted by Gasteiger charge is 2.16. The number of imidazole rings is 1.